The van der Waals surface area contributed by atoms with E-state index in [9.17, 15) is 0 Å². The largest absolute Gasteiger partial charge is 0.268 e. The zero-order valence-corrected chi connectivity index (χ0v) is 15.5. The lowest BCUT2D eigenvalue weighted by atomic mass is 10.0. The van der Waals surface area contributed by atoms with Crippen molar-refractivity contribution in [1.82, 2.24) is 29.8 Å². The summed E-state index contributed by atoms with van der Waals surface area (Å²) in [5.41, 5.74) is 4.10. The van der Waals surface area contributed by atoms with Gasteiger partial charge in [-0.3, -0.25) is 4.68 Å². The molecule has 0 saturated heterocycles. The molecule has 0 radical (unpaired) electrons. The van der Waals surface area contributed by atoms with Crippen LogP contribution in [0.5, 0.6) is 0 Å². The Morgan fingerprint density at radius 3 is 2.96 bits per heavy atom. The summed E-state index contributed by atoms with van der Waals surface area (Å²) in [7, 11) is 0. The molecule has 0 fully saturated rings. The fourth-order valence-electron chi connectivity index (χ4n) is 3.25. The fraction of sp³-hybridized carbons (Fsp3) is 0.444. The van der Waals surface area contributed by atoms with Crippen molar-refractivity contribution in [3.8, 4) is 11.3 Å². The molecule has 0 spiro atoms. The van der Waals surface area contributed by atoms with Gasteiger partial charge < -0.3 is 0 Å². The number of hydrogen-bond acceptors (Lipinski definition) is 5. The van der Waals surface area contributed by atoms with Crippen molar-refractivity contribution in [3.63, 3.8) is 0 Å². The van der Waals surface area contributed by atoms with Crippen LogP contribution in [0, 0.1) is 6.92 Å². The summed E-state index contributed by atoms with van der Waals surface area (Å²) in [6.07, 6.45) is 10.6. The van der Waals surface area contributed by atoms with Crippen molar-refractivity contribution in [2.24, 2.45) is 0 Å². The lowest BCUT2D eigenvalue weighted by molar-refractivity contribution is 0.539. The zero-order valence-electron chi connectivity index (χ0n) is 14.6. The molecule has 0 aliphatic heterocycles. The highest BCUT2D eigenvalue weighted by atomic mass is 32.1. The van der Waals surface area contributed by atoms with Crippen molar-refractivity contribution in [2.75, 3.05) is 0 Å². The number of fused-ring (bicyclic) bond motifs is 1. The molecule has 0 amide bonds. The number of aromatic nitrogens is 6. The first-order chi connectivity index (χ1) is 12.2. The number of rotatable bonds is 5. The predicted molar refractivity (Wildman–Crippen MR) is 98.7 cm³/mol. The lowest BCUT2D eigenvalue weighted by Gasteiger charge is -2.07. The van der Waals surface area contributed by atoms with E-state index in [0.29, 0.717) is 6.54 Å². The second-order valence-corrected chi connectivity index (χ2v) is 7.64. The Hall–Kier alpha value is -2.28. The fourth-order valence-corrected chi connectivity index (χ4v) is 4.45. The van der Waals surface area contributed by atoms with E-state index >= 15 is 0 Å². The van der Waals surface area contributed by atoms with Crippen LogP contribution in [0.4, 0.5) is 0 Å². The van der Waals surface area contributed by atoms with E-state index in [0.717, 1.165) is 28.4 Å². The first-order valence-electron chi connectivity index (χ1n) is 8.71. The highest BCUT2D eigenvalue weighted by Crippen LogP contribution is 2.31. The first kappa shape index (κ1) is 16.2. The second kappa shape index (κ2) is 6.55. The predicted octanol–water partition coefficient (Wildman–Crippen LogP) is 3.58. The minimum Gasteiger partial charge on any atom is -0.268 e. The molecule has 0 N–H and O–H groups in total. The number of nitrogens with zero attached hydrogens (tertiary/aromatic N) is 6. The molecule has 1 atom stereocenters. The first-order valence-corrected chi connectivity index (χ1v) is 9.53. The molecule has 3 aromatic rings. The summed E-state index contributed by atoms with van der Waals surface area (Å²) in [4.78, 5) is 6.31. The third-order valence-corrected chi connectivity index (χ3v) is 5.99. The molecule has 0 saturated carbocycles. The van der Waals surface area contributed by atoms with E-state index in [1.54, 1.807) is 0 Å². The van der Waals surface area contributed by atoms with Gasteiger partial charge in [0.25, 0.3) is 0 Å². The topological polar surface area (TPSA) is 61.4 Å². The van der Waals surface area contributed by atoms with Crippen LogP contribution in [0.2, 0.25) is 0 Å². The summed E-state index contributed by atoms with van der Waals surface area (Å²) >= 11 is 1.83. The number of thiazole rings is 1. The van der Waals surface area contributed by atoms with Crippen LogP contribution in [0.3, 0.4) is 0 Å². The molecule has 0 unspecified atom stereocenters. The lowest BCUT2D eigenvalue weighted by Crippen LogP contribution is -2.07. The molecule has 4 rings (SSSR count). The minimum atomic E-state index is 0.0976. The Balaban J connectivity index is 1.60. The Morgan fingerprint density at radius 2 is 2.16 bits per heavy atom. The molecule has 0 aromatic carbocycles. The monoisotopic (exact) mass is 354 g/mol. The molecule has 0 bridgehead atoms. The highest BCUT2D eigenvalue weighted by Gasteiger charge is 2.21. The standard InChI is InChI=1S/C18H22N6S/c1-4-9-23-10-14(12(2)21-23)16-11-24(22-20-16)13(3)18-19-15-7-5-6-8-17(15)25-18/h4,10-11,13H,1,5-9H2,2-3H3/t13-/m0/s1. The number of aryl methyl sites for hydroxylation is 3. The third-order valence-electron chi connectivity index (χ3n) is 4.67. The SMILES string of the molecule is C=CCn1cc(-c2cn([C@@H](C)c3nc4c(s3)CCCC4)nn2)c(C)n1. The van der Waals surface area contributed by atoms with Crippen LogP contribution >= 0.6 is 11.3 Å². The molecular weight excluding hydrogens is 332 g/mol. The summed E-state index contributed by atoms with van der Waals surface area (Å²) in [6, 6.07) is 0.0976. The second-order valence-electron chi connectivity index (χ2n) is 6.53. The normalized spacial score (nSPS) is 15.1. The summed E-state index contributed by atoms with van der Waals surface area (Å²) in [5, 5.41) is 14.3. The molecule has 6 nitrogen and oxygen atoms in total. The van der Waals surface area contributed by atoms with Crippen LogP contribution in [-0.4, -0.2) is 29.8 Å². The van der Waals surface area contributed by atoms with Gasteiger partial charge in [0, 0.05) is 16.6 Å². The van der Waals surface area contributed by atoms with Crippen LogP contribution in [-0.2, 0) is 19.4 Å². The van der Waals surface area contributed by atoms with Crippen LogP contribution in [0.25, 0.3) is 11.3 Å². The molecule has 3 aromatic heterocycles. The van der Waals surface area contributed by atoms with Gasteiger partial charge in [-0.1, -0.05) is 11.3 Å². The molecule has 1 aliphatic carbocycles. The minimum absolute atomic E-state index is 0.0976. The van der Waals surface area contributed by atoms with Crippen molar-refractivity contribution >= 4 is 11.3 Å². The van der Waals surface area contributed by atoms with E-state index in [1.165, 1.54) is 29.8 Å². The van der Waals surface area contributed by atoms with E-state index in [2.05, 4.69) is 28.9 Å². The van der Waals surface area contributed by atoms with Gasteiger partial charge in [0.2, 0.25) is 0 Å². The van der Waals surface area contributed by atoms with E-state index in [-0.39, 0.29) is 6.04 Å². The van der Waals surface area contributed by atoms with Gasteiger partial charge in [-0.05, 0) is 39.5 Å². The molecule has 130 valence electrons. The van der Waals surface area contributed by atoms with Crippen molar-refractivity contribution in [1.29, 1.82) is 0 Å². The quantitative estimate of drug-likeness (QED) is 0.657. The van der Waals surface area contributed by atoms with Gasteiger partial charge in [-0.15, -0.1) is 23.0 Å². The molecular formula is C18H22N6S. The Labute approximate surface area is 151 Å². The van der Waals surface area contributed by atoms with Gasteiger partial charge in [0.15, 0.2) is 0 Å². The molecule has 25 heavy (non-hydrogen) atoms. The number of hydrogen-bond donors (Lipinski definition) is 0. The van der Waals surface area contributed by atoms with E-state index in [1.807, 2.05) is 46.1 Å². The van der Waals surface area contributed by atoms with Gasteiger partial charge in [-0.2, -0.15) is 5.10 Å². The maximum absolute atomic E-state index is 4.86. The maximum atomic E-state index is 4.86. The Kier molecular flexibility index (Phi) is 4.25. The smallest absolute Gasteiger partial charge is 0.118 e. The van der Waals surface area contributed by atoms with Crippen molar-refractivity contribution < 1.29 is 0 Å². The van der Waals surface area contributed by atoms with Gasteiger partial charge in [0.1, 0.15) is 16.7 Å². The number of allylic oxidation sites excluding steroid dienone is 1. The van der Waals surface area contributed by atoms with Crippen molar-refractivity contribution in [3.05, 3.63) is 46.3 Å². The summed E-state index contributed by atoms with van der Waals surface area (Å²) < 4.78 is 3.78. The van der Waals surface area contributed by atoms with Crippen molar-refractivity contribution in [2.45, 2.75) is 52.1 Å². The third kappa shape index (κ3) is 3.04. The average Bonchev–Trinajstić information content (AvgIpc) is 3.31. The van der Waals surface area contributed by atoms with Crippen LogP contribution < -0.4 is 0 Å². The summed E-state index contributed by atoms with van der Waals surface area (Å²) in [5.74, 6) is 0. The van der Waals surface area contributed by atoms with Crippen LogP contribution in [0.1, 0.15) is 47.1 Å². The highest BCUT2D eigenvalue weighted by molar-refractivity contribution is 7.11. The Bertz CT molecular complexity index is 879. The van der Waals surface area contributed by atoms with E-state index in [4.69, 9.17) is 4.98 Å². The Morgan fingerprint density at radius 1 is 1.32 bits per heavy atom. The molecule has 1 aliphatic rings. The average molecular weight is 354 g/mol. The van der Waals surface area contributed by atoms with Gasteiger partial charge in [0.05, 0.1) is 24.1 Å². The van der Waals surface area contributed by atoms with Crippen LogP contribution in [0.15, 0.2) is 25.0 Å². The zero-order chi connectivity index (χ0) is 17.4. The summed E-state index contributed by atoms with van der Waals surface area (Å²) in [6.45, 7) is 8.58. The molecule has 7 heteroatoms. The molecule has 3 heterocycles. The van der Waals surface area contributed by atoms with Gasteiger partial charge >= 0.3 is 0 Å². The van der Waals surface area contributed by atoms with Gasteiger partial charge in [-0.25, -0.2) is 9.67 Å². The maximum Gasteiger partial charge on any atom is 0.118 e. The van der Waals surface area contributed by atoms with E-state index < -0.39 is 0 Å².